The molecule has 0 aromatic heterocycles. The third-order valence-corrected chi connectivity index (χ3v) is 5.42. The van der Waals surface area contributed by atoms with Crippen molar-refractivity contribution in [2.75, 3.05) is 20.1 Å². The molecule has 7 heteroatoms. The van der Waals surface area contributed by atoms with Crippen LogP contribution in [0.5, 0.6) is 0 Å². The molecule has 27 heavy (non-hydrogen) atoms. The number of aliphatic imine (C=N–C) groups is 1. The van der Waals surface area contributed by atoms with Crippen LogP contribution in [0.15, 0.2) is 29.3 Å². The summed E-state index contributed by atoms with van der Waals surface area (Å²) in [6.07, 6.45) is 3.18. The average molecular weight is 485 g/mol. The highest BCUT2D eigenvalue weighted by atomic mass is 127. The number of likely N-dealkylation sites (tertiary alicyclic amines) is 1. The molecule has 6 nitrogen and oxygen atoms in total. The molecule has 3 unspecified atom stereocenters. The minimum absolute atomic E-state index is 0. The lowest BCUT2D eigenvalue weighted by molar-refractivity contribution is -0.123. The summed E-state index contributed by atoms with van der Waals surface area (Å²) in [5.41, 5.74) is 7.99. The van der Waals surface area contributed by atoms with Crippen LogP contribution in [0.3, 0.4) is 0 Å². The number of hydrogen-bond acceptors (Lipinski definition) is 3. The molecule has 1 aromatic rings. The average Bonchev–Trinajstić information content (AvgIpc) is 3.34. The second-order valence-corrected chi connectivity index (χ2v) is 7.69. The molecule has 0 spiro atoms. The van der Waals surface area contributed by atoms with Crippen LogP contribution in [-0.4, -0.2) is 42.9 Å². The number of halogens is 1. The summed E-state index contributed by atoms with van der Waals surface area (Å²) < 4.78 is 0. The summed E-state index contributed by atoms with van der Waals surface area (Å²) in [4.78, 5) is 18.1. The molecule has 3 rings (SSSR count). The van der Waals surface area contributed by atoms with Crippen molar-refractivity contribution < 1.29 is 4.79 Å². The summed E-state index contributed by atoms with van der Waals surface area (Å²) in [6, 6.07) is 9.17. The van der Waals surface area contributed by atoms with E-state index in [0.717, 1.165) is 50.9 Å². The number of primary amides is 1. The van der Waals surface area contributed by atoms with Crippen LogP contribution in [0.1, 0.15) is 37.3 Å². The van der Waals surface area contributed by atoms with Crippen molar-refractivity contribution in [1.82, 2.24) is 15.5 Å². The molecule has 0 bridgehead atoms. The standard InChI is InChI=1S/C20H31N5O.HI/c1-14-9-18(14)24-20(22-2)23-11-15-5-3-6-16(10-15)12-25-8-4-7-17(13-25)19(21)26;/h3,5-6,10,14,17-18H,4,7-9,11-13H2,1-2H3,(H2,21,26)(H2,22,23,24);1H. The molecule has 1 aromatic carbocycles. The Bertz CT molecular complexity index is 666. The van der Waals surface area contributed by atoms with Gasteiger partial charge >= 0.3 is 0 Å². The van der Waals surface area contributed by atoms with Crippen molar-refractivity contribution in [3.63, 3.8) is 0 Å². The van der Waals surface area contributed by atoms with Crippen molar-refractivity contribution in [1.29, 1.82) is 0 Å². The quantitative estimate of drug-likeness (QED) is 0.328. The van der Waals surface area contributed by atoms with Gasteiger partial charge in [-0.3, -0.25) is 14.7 Å². The highest BCUT2D eigenvalue weighted by Gasteiger charge is 2.33. The normalized spacial score (nSPS) is 25.4. The van der Waals surface area contributed by atoms with Crippen LogP contribution in [0, 0.1) is 11.8 Å². The number of carbonyl (C=O) groups is 1. The number of benzene rings is 1. The summed E-state index contributed by atoms with van der Waals surface area (Å²) in [5.74, 6) is 1.43. The van der Waals surface area contributed by atoms with E-state index in [4.69, 9.17) is 5.73 Å². The largest absolute Gasteiger partial charge is 0.369 e. The highest BCUT2D eigenvalue weighted by molar-refractivity contribution is 14.0. The van der Waals surface area contributed by atoms with Crippen LogP contribution in [0.25, 0.3) is 0 Å². The number of piperidine rings is 1. The number of guanidine groups is 1. The second kappa shape index (κ2) is 10.3. The number of nitrogens with one attached hydrogen (secondary N) is 2. The minimum Gasteiger partial charge on any atom is -0.369 e. The fraction of sp³-hybridized carbons (Fsp3) is 0.600. The molecule has 3 atom stereocenters. The van der Waals surface area contributed by atoms with Crippen LogP contribution in [0.4, 0.5) is 0 Å². The third-order valence-electron chi connectivity index (χ3n) is 5.42. The van der Waals surface area contributed by atoms with E-state index in [1.807, 2.05) is 7.05 Å². The first-order valence-corrected chi connectivity index (χ1v) is 9.62. The molecular weight excluding hydrogens is 453 g/mol. The lowest BCUT2D eigenvalue weighted by atomic mass is 9.97. The van der Waals surface area contributed by atoms with E-state index in [0.29, 0.717) is 6.04 Å². The maximum atomic E-state index is 11.5. The molecule has 1 saturated carbocycles. The first-order valence-electron chi connectivity index (χ1n) is 9.62. The molecule has 1 aliphatic carbocycles. The molecule has 2 fully saturated rings. The third kappa shape index (κ3) is 6.64. The summed E-state index contributed by atoms with van der Waals surface area (Å²) in [5, 5.41) is 6.84. The molecule has 4 N–H and O–H groups in total. The van der Waals surface area contributed by atoms with Gasteiger partial charge in [-0.25, -0.2) is 0 Å². The van der Waals surface area contributed by atoms with Crippen LogP contribution in [0.2, 0.25) is 0 Å². The van der Waals surface area contributed by atoms with Gasteiger partial charge in [0.05, 0.1) is 5.92 Å². The van der Waals surface area contributed by atoms with Crippen molar-refractivity contribution in [2.24, 2.45) is 22.6 Å². The summed E-state index contributed by atoms with van der Waals surface area (Å²) >= 11 is 0. The first-order chi connectivity index (χ1) is 12.5. The number of nitrogens with zero attached hydrogens (tertiary/aromatic N) is 2. The van der Waals surface area contributed by atoms with E-state index in [2.05, 4.69) is 51.7 Å². The van der Waals surface area contributed by atoms with Gasteiger partial charge in [-0.1, -0.05) is 31.2 Å². The Hall–Kier alpha value is -1.35. The van der Waals surface area contributed by atoms with Crippen LogP contribution < -0.4 is 16.4 Å². The Balaban J connectivity index is 0.00000261. The first kappa shape index (κ1) is 21.9. The molecule has 1 saturated heterocycles. The highest BCUT2D eigenvalue weighted by Crippen LogP contribution is 2.28. The van der Waals surface area contributed by atoms with Crippen molar-refractivity contribution in [3.05, 3.63) is 35.4 Å². The lowest BCUT2D eigenvalue weighted by Gasteiger charge is -2.31. The predicted molar refractivity (Wildman–Crippen MR) is 120 cm³/mol. The SMILES string of the molecule is CN=C(NCc1cccc(CN2CCCC(C(N)=O)C2)c1)NC1CC1C.I. The van der Waals surface area contributed by atoms with Gasteiger partial charge in [0.1, 0.15) is 0 Å². The molecule has 1 amide bonds. The van der Waals surface area contributed by atoms with Gasteiger partial charge in [0.2, 0.25) is 5.91 Å². The lowest BCUT2D eigenvalue weighted by Crippen LogP contribution is -2.40. The summed E-state index contributed by atoms with van der Waals surface area (Å²) in [6.45, 7) is 5.66. The number of carbonyl (C=O) groups excluding carboxylic acids is 1. The van der Waals surface area contributed by atoms with Crippen molar-refractivity contribution in [3.8, 4) is 0 Å². The van der Waals surface area contributed by atoms with E-state index in [1.165, 1.54) is 17.5 Å². The fourth-order valence-corrected chi connectivity index (χ4v) is 3.61. The smallest absolute Gasteiger partial charge is 0.221 e. The zero-order valence-corrected chi connectivity index (χ0v) is 18.6. The monoisotopic (exact) mass is 485 g/mol. The summed E-state index contributed by atoms with van der Waals surface area (Å²) in [7, 11) is 1.81. The van der Waals surface area contributed by atoms with Gasteiger partial charge in [-0.2, -0.15) is 0 Å². The Kier molecular flexibility index (Phi) is 8.34. The fourth-order valence-electron chi connectivity index (χ4n) is 3.61. The Morgan fingerprint density at radius 3 is 2.78 bits per heavy atom. The molecule has 2 aliphatic rings. The van der Waals surface area contributed by atoms with E-state index < -0.39 is 0 Å². The molecule has 1 heterocycles. The van der Waals surface area contributed by atoms with Gasteiger partial charge in [-0.15, -0.1) is 24.0 Å². The van der Waals surface area contributed by atoms with Crippen LogP contribution >= 0.6 is 24.0 Å². The Morgan fingerprint density at radius 1 is 1.37 bits per heavy atom. The number of rotatable bonds is 6. The molecular formula is C20H32IN5O. The van der Waals surface area contributed by atoms with Gasteiger partial charge in [0, 0.05) is 32.7 Å². The number of hydrogen-bond donors (Lipinski definition) is 3. The van der Waals surface area contributed by atoms with E-state index >= 15 is 0 Å². The molecule has 1 aliphatic heterocycles. The minimum atomic E-state index is -0.170. The second-order valence-electron chi connectivity index (χ2n) is 7.69. The molecule has 0 radical (unpaired) electrons. The van der Waals surface area contributed by atoms with Crippen LogP contribution in [-0.2, 0) is 17.9 Å². The Labute approximate surface area is 179 Å². The van der Waals surface area contributed by atoms with Gasteiger partial charge < -0.3 is 16.4 Å². The van der Waals surface area contributed by atoms with E-state index in [9.17, 15) is 4.79 Å². The Morgan fingerprint density at radius 2 is 2.11 bits per heavy atom. The van der Waals surface area contributed by atoms with Crippen molar-refractivity contribution >= 4 is 35.8 Å². The number of amides is 1. The van der Waals surface area contributed by atoms with Gasteiger partial charge in [0.15, 0.2) is 5.96 Å². The molecule has 150 valence electrons. The van der Waals surface area contributed by atoms with Gasteiger partial charge in [-0.05, 0) is 42.9 Å². The number of nitrogens with two attached hydrogens (primary N) is 1. The van der Waals surface area contributed by atoms with E-state index in [1.54, 1.807) is 0 Å². The maximum absolute atomic E-state index is 11.5. The van der Waals surface area contributed by atoms with Crippen molar-refractivity contribution in [2.45, 2.75) is 45.3 Å². The topological polar surface area (TPSA) is 82.8 Å². The predicted octanol–water partition coefficient (Wildman–Crippen LogP) is 2.08. The zero-order valence-electron chi connectivity index (χ0n) is 16.3. The maximum Gasteiger partial charge on any atom is 0.221 e. The zero-order chi connectivity index (χ0) is 18.5. The van der Waals surface area contributed by atoms with E-state index in [-0.39, 0.29) is 35.8 Å². The van der Waals surface area contributed by atoms with Gasteiger partial charge in [0.25, 0.3) is 0 Å².